The number of nitrogens with zero attached hydrogens (tertiary/aromatic N) is 1. The molecule has 1 heterocycles. The minimum absolute atomic E-state index is 0.0847. The number of aryl methyl sites for hydroxylation is 1. The van der Waals surface area contributed by atoms with Gasteiger partial charge in [0, 0.05) is 35.9 Å². The van der Waals surface area contributed by atoms with E-state index in [1.807, 2.05) is 18.2 Å². The van der Waals surface area contributed by atoms with E-state index in [0.29, 0.717) is 23.0 Å². The average molecular weight is 425 g/mol. The van der Waals surface area contributed by atoms with Crippen LogP contribution >= 0.6 is 11.6 Å². The van der Waals surface area contributed by atoms with Crippen LogP contribution in [-0.4, -0.2) is 39.3 Å². The van der Waals surface area contributed by atoms with Gasteiger partial charge in [0.1, 0.15) is 0 Å². The molecule has 1 atom stereocenters. The van der Waals surface area contributed by atoms with Crippen molar-refractivity contribution in [1.29, 1.82) is 0 Å². The van der Waals surface area contributed by atoms with Crippen molar-refractivity contribution in [2.75, 3.05) is 31.6 Å². The number of alkyl halides is 2. The van der Waals surface area contributed by atoms with E-state index in [2.05, 4.69) is 21.9 Å². The Kier molecular flexibility index (Phi) is 6.79. The van der Waals surface area contributed by atoms with Crippen LogP contribution in [0.3, 0.4) is 0 Å². The molecule has 0 bridgehead atoms. The Morgan fingerprint density at radius 3 is 2.79 bits per heavy atom. The van der Waals surface area contributed by atoms with Gasteiger partial charge in [-0.25, -0.2) is 0 Å². The Morgan fingerprint density at radius 1 is 1.28 bits per heavy atom. The van der Waals surface area contributed by atoms with Gasteiger partial charge in [-0.1, -0.05) is 17.7 Å². The second-order valence-electron chi connectivity index (χ2n) is 6.99. The fourth-order valence-electron chi connectivity index (χ4n) is 3.48. The van der Waals surface area contributed by atoms with E-state index >= 15 is 0 Å². The van der Waals surface area contributed by atoms with E-state index in [4.69, 9.17) is 16.3 Å². The van der Waals surface area contributed by atoms with Crippen LogP contribution < -0.4 is 19.7 Å². The molecule has 1 unspecified atom stereocenters. The number of hydrogen-bond acceptors (Lipinski definition) is 4. The molecule has 29 heavy (non-hydrogen) atoms. The smallest absolute Gasteiger partial charge is 0.387 e. The van der Waals surface area contributed by atoms with Crippen LogP contribution in [0.15, 0.2) is 36.4 Å². The summed E-state index contributed by atoms with van der Waals surface area (Å²) < 4.78 is 34.3. The minimum atomic E-state index is -2.96. The lowest BCUT2D eigenvalue weighted by Crippen LogP contribution is -2.31. The molecular formula is C21H23ClF2N2O3. The van der Waals surface area contributed by atoms with Gasteiger partial charge in [-0.3, -0.25) is 4.79 Å². The summed E-state index contributed by atoms with van der Waals surface area (Å²) in [5.41, 5.74) is 2.60. The number of rotatable bonds is 7. The molecule has 1 aliphatic heterocycles. The molecule has 0 aliphatic carbocycles. The first kappa shape index (κ1) is 21.2. The Balaban J connectivity index is 1.58. The first-order valence-corrected chi connectivity index (χ1v) is 9.67. The summed E-state index contributed by atoms with van der Waals surface area (Å²) in [6.45, 7) is 1.33. The van der Waals surface area contributed by atoms with Gasteiger partial charge in [0.05, 0.1) is 7.11 Å². The van der Waals surface area contributed by atoms with Crippen LogP contribution in [0.4, 0.5) is 14.5 Å². The number of amides is 1. The van der Waals surface area contributed by atoms with Gasteiger partial charge in [-0.05, 0) is 55.2 Å². The zero-order valence-electron chi connectivity index (χ0n) is 16.3. The molecule has 1 N–H and O–H groups in total. The second kappa shape index (κ2) is 9.31. The molecule has 1 amide bonds. The third-order valence-electron chi connectivity index (χ3n) is 4.99. The topological polar surface area (TPSA) is 50.8 Å². The lowest BCUT2D eigenvalue weighted by atomic mass is 10.1. The van der Waals surface area contributed by atoms with Gasteiger partial charge in [-0.15, -0.1) is 0 Å². The molecular weight excluding hydrogens is 402 g/mol. The maximum absolute atomic E-state index is 12.5. The molecule has 3 rings (SSSR count). The monoisotopic (exact) mass is 424 g/mol. The SMILES string of the molecule is COc1cc(C(=O)NCC2CCN(c3cc(Cl)ccc3C)C2)ccc1OC(F)F. The van der Waals surface area contributed by atoms with Crippen LogP contribution in [0.1, 0.15) is 22.3 Å². The zero-order chi connectivity index (χ0) is 21.0. The van der Waals surface area contributed by atoms with E-state index in [1.54, 1.807) is 0 Å². The van der Waals surface area contributed by atoms with Crippen LogP contribution in [0, 0.1) is 12.8 Å². The summed E-state index contributed by atoms with van der Waals surface area (Å²) in [4.78, 5) is 14.7. The summed E-state index contributed by atoms with van der Waals surface area (Å²) in [6, 6.07) is 9.98. The molecule has 8 heteroatoms. The molecule has 0 saturated carbocycles. The molecule has 2 aromatic rings. The number of carbonyl (C=O) groups is 1. The standard InChI is InChI=1S/C21H23ClF2N2O3/c1-13-3-5-16(22)10-17(13)26-8-7-14(12-26)11-25-20(27)15-4-6-18(29-21(23)24)19(9-15)28-2/h3-6,9-10,14,21H,7-8,11-12H2,1-2H3,(H,25,27). The highest BCUT2D eigenvalue weighted by Gasteiger charge is 2.24. The Labute approximate surface area is 173 Å². The first-order chi connectivity index (χ1) is 13.9. The molecule has 5 nitrogen and oxygen atoms in total. The van der Waals surface area contributed by atoms with Crippen LogP contribution in [0.2, 0.25) is 5.02 Å². The van der Waals surface area contributed by atoms with Crippen molar-refractivity contribution in [3.8, 4) is 11.5 Å². The van der Waals surface area contributed by atoms with E-state index in [-0.39, 0.29) is 17.4 Å². The lowest BCUT2D eigenvalue weighted by molar-refractivity contribution is -0.0512. The largest absolute Gasteiger partial charge is 0.493 e. The van der Waals surface area contributed by atoms with E-state index < -0.39 is 6.61 Å². The highest BCUT2D eigenvalue weighted by molar-refractivity contribution is 6.30. The van der Waals surface area contributed by atoms with Gasteiger partial charge < -0.3 is 19.7 Å². The van der Waals surface area contributed by atoms with Gasteiger partial charge in [0.25, 0.3) is 5.91 Å². The normalized spacial score (nSPS) is 16.2. The maximum Gasteiger partial charge on any atom is 0.387 e. The van der Waals surface area contributed by atoms with Crippen molar-refractivity contribution in [2.45, 2.75) is 20.0 Å². The van der Waals surface area contributed by atoms with Gasteiger partial charge in [-0.2, -0.15) is 8.78 Å². The minimum Gasteiger partial charge on any atom is -0.493 e. The maximum atomic E-state index is 12.5. The third kappa shape index (κ3) is 5.29. The van der Waals surface area contributed by atoms with Gasteiger partial charge in [0.2, 0.25) is 0 Å². The predicted octanol–water partition coefficient (Wildman–Crippen LogP) is 4.51. The zero-order valence-corrected chi connectivity index (χ0v) is 17.0. The van der Waals surface area contributed by atoms with E-state index in [1.165, 1.54) is 25.3 Å². The third-order valence-corrected chi connectivity index (χ3v) is 5.23. The van der Waals surface area contributed by atoms with Crippen molar-refractivity contribution >= 4 is 23.2 Å². The van der Waals surface area contributed by atoms with Gasteiger partial charge >= 0.3 is 6.61 Å². The quantitative estimate of drug-likeness (QED) is 0.710. The Hall–Kier alpha value is -2.54. The Morgan fingerprint density at radius 2 is 2.07 bits per heavy atom. The van der Waals surface area contributed by atoms with Crippen LogP contribution in [0.25, 0.3) is 0 Å². The van der Waals surface area contributed by atoms with Crippen LogP contribution in [0.5, 0.6) is 11.5 Å². The highest BCUT2D eigenvalue weighted by atomic mass is 35.5. The van der Waals surface area contributed by atoms with E-state index in [9.17, 15) is 13.6 Å². The number of carbonyl (C=O) groups excluding carboxylic acids is 1. The summed E-state index contributed by atoms with van der Waals surface area (Å²) in [7, 11) is 1.33. The van der Waals surface area contributed by atoms with Crippen LogP contribution in [-0.2, 0) is 0 Å². The summed E-state index contributed by atoms with van der Waals surface area (Å²) in [6.07, 6.45) is 0.955. The number of hydrogen-bond donors (Lipinski definition) is 1. The molecule has 0 aromatic heterocycles. The van der Waals surface area contributed by atoms with Crippen molar-refractivity contribution in [2.24, 2.45) is 5.92 Å². The summed E-state index contributed by atoms with van der Waals surface area (Å²) in [5.74, 6) is -0.00579. The first-order valence-electron chi connectivity index (χ1n) is 9.29. The number of methoxy groups -OCH3 is 1. The number of nitrogens with one attached hydrogen (secondary N) is 1. The fourth-order valence-corrected chi connectivity index (χ4v) is 3.65. The highest BCUT2D eigenvalue weighted by Crippen LogP contribution is 2.30. The van der Waals surface area contributed by atoms with Crippen molar-refractivity contribution < 1.29 is 23.0 Å². The molecule has 0 spiro atoms. The summed E-state index contributed by atoms with van der Waals surface area (Å²) >= 11 is 6.12. The second-order valence-corrected chi connectivity index (χ2v) is 7.42. The van der Waals surface area contributed by atoms with Gasteiger partial charge in [0.15, 0.2) is 11.5 Å². The molecule has 2 aromatic carbocycles. The van der Waals surface area contributed by atoms with Crippen molar-refractivity contribution in [3.05, 3.63) is 52.5 Å². The number of benzene rings is 2. The summed E-state index contributed by atoms with van der Waals surface area (Å²) in [5, 5.41) is 3.62. The Bertz CT molecular complexity index is 879. The van der Waals surface area contributed by atoms with E-state index in [0.717, 1.165) is 30.8 Å². The number of ether oxygens (including phenoxy) is 2. The number of halogens is 3. The fraction of sp³-hybridized carbons (Fsp3) is 0.381. The molecule has 1 fully saturated rings. The molecule has 1 aliphatic rings. The lowest BCUT2D eigenvalue weighted by Gasteiger charge is -2.21. The van der Waals surface area contributed by atoms with Crippen molar-refractivity contribution in [1.82, 2.24) is 5.32 Å². The predicted molar refractivity (Wildman–Crippen MR) is 108 cm³/mol. The van der Waals surface area contributed by atoms with Crippen molar-refractivity contribution in [3.63, 3.8) is 0 Å². The molecule has 1 saturated heterocycles. The molecule has 156 valence electrons. The molecule has 0 radical (unpaired) electrons. The average Bonchev–Trinajstić information content (AvgIpc) is 3.16. The number of anilines is 1.